The van der Waals surface area contributed by atoms with Crippen molar-refractivity contribution in [3.05, 3.63) is 108 Å². The molecular weight excluding hydrogens is 378 g/mol. The summed E-state index contributed by atoms with van der Waals surface area (Å²) in [7, 11) is 0. The van der Waals surface area contributed by atoms with E-state index in [9.17, 15) is 0 Å². The third-order valence-corrected chi connectivity index (χ3v) is 6.49. The van der Waals surface area contributed by atoms with Crippen LogP contribution in [0, 0.1) is 0 Å². The summed E-state index contributed by atoms with van der Waals surface area (Å²) in [6.07, 6.45) is 6.13. The van der Waals surface area contributed by atoms with Crippen molar-refractivity contribution >= 4 is 44.3 Å². The summed E-state index contributed by atoms with van der Waals surface area (Å²) in [5.41, 5.74) is 6.37. The summed E-state index contributed by atoms with van der Waals surface area (Å²) >= 11 is 7.72. The highest BCUT2D eigenvalue weighted by Gasteiger charge is 2.40. The molecule has 0 unspecified atom stereocenters. The van der Waals surface area contributed by atoms with Gasteiger partial charge in [-0.25, -0.2) is 0 Å². The molecule has 0 fully saturated rings. The third-order valence-electron chi connectivity index (χ3n) is 5.88. The summed E-state index contributed by atoms with van der Waals surface area (Å²) in [6, 6.07) is 24.9. The zero-order chi connectivity index (χ0) is 19.4. The first-order chi connectivity index (χ1) is 14.3. The second-order valence-electron chi connectivity index (χ2n) is 7.40. The molecule has 3 heterocycles. The smallest absolute Gasteiger partial charge is 0.126 e. The number of benzene rings is 3. The van der Waals surface area contributed by atoms with Crippen LogP contribution in [-0.4, -0.2) is 15.0 Å². The third kappa shape index (κ3) is 2.25. The minimum absolute atomic E-state index is 0.862. The number of halogens is 1. The number of H-pyrrole nitrogens is 3. The van der Waals surface area contributed by atoms with Crippen LogP contribution in [0.15, 0.2) is 91.4 Å². The summed E-state index contributed by atoms with van der Waals surface area (Å²) in [5, 5.41) is 3.37. The van der Waals surface area contributed by atoms with Crippen LogP contribution in [0.3, 0.4) is 0 Å². The van der Waals surface area contributed by atoms with Gasteiger partial charge in [0.1, 0.15) is 4.87 Å². The van der Waals surface area contributed by atoms with Crippen molar-refractivity contribution in [2.24, 2.45) is 0 Å². The molecular formula is C25H18ClN3. The largest absolute Gasteiger partial charge is 0.361 e. The van der Waals surface area contributed by atoms with E-state index in [-0.39, 0.29) is 0 Å². The van der Waals surface area contributed by atoms with Gasteiger partial charge in [0.05, 0.1) is 0 Å². The van der Waals surface area contributed by atoms with Crippen molar-refractivity contribution in [3.63, 3.8) is 0 Å². The molecule has 0 aliphatic rings. The van der Waals surface area contributed by atoms with E-state index >= 15 is 0 Å². The average molecular weight is 396 g/mol. The highest BCUT2D eigenvalue weighted by molar-refractivity contribution is 6.31. The normalized spacial score (nSPS) is 12.3. The Morgan fingerprint density at radius 3 is 1.14 bits per heavy atom. The van der Waals surface area contributed by atoms with Crippen LogP contribution < -0.4 is 0 Å². The van der Waals surface area contributed by atoms with Crippen LogP contribution in [-0.2, 0) is 4.87 Å². The molecule has 6 aromatic rings. The van der Waals surface area contributed by atoms with Crippen LogP contribution in [0.2, 0.25) is 0 Å². The minimum atomic E-state index is -0.862. The van der Waals surface area contributed by atoms with Gasteiger partial charge >= 0.3 is 0 Å². The highest BCUT2D eigenvalue weighted by Crippen LogP contribution is 2.49. The lowest BCUT2D eigenvalue weighted by atomic mass is 9.83. The standard InChI is InChI=1S/C25H18ClN3/c26-25(19-13-27-22-10-4-1-7-16(19)22,20-14-28-23-11-5-2-8-17(20)23)21-15-29-24-12-6-3-9-18(21)24/h1-15,27-29H. The molecule has 4 heteroatoms. The molecule has 0 spiro atoms. The number of alkyl halides is 1. The van der Waals surface area contributed by atoms with Crippen molar-refractivity contribution < 1.29 is 0 Å². The molecule has 0 atom stereocenters. The van der Waals surface area contributed by atoms with Crippen LogP contribution >= 0.6 is 11.6 Å². The van der Waals surface area contributed by atoms with E-state index in [1.807, 2.05) is 36.8 Å². The predicted octanol–water partition coefficient (Wildman–Crippen LogP) is 6.66. The lowest BCUT2D eigenvalue weighted by Crippen LogP contribution is -2.21. The van der Waals surface area contributed by atoms with Crippen molar-refractivity contribution in [3.8, 4) is 0 Å². The Bertz CT molecular complexity index is 1310. The summed E-state index contributed by atoms with van der Waals surface area (Å²) < 4.78 is 0. The van der Waals surface area contributed by atoms with Gasteiger partial charge in [-0.2, -0.15) is 0 Å². The van der Waals surface area contributed by atoms with E-state index in [0.29, 0.717) is 0 Å². The van der Waals surface area contributed by atoms with E-state index in [2.05, 4.69) is 69.5 Å². The molecule has 0 aliphatic carbocycles. The quantitative estimate of drug-likeness (QED) is 0.280. The van der Waals surface area contributed by atoms with E-state index < -0.39 is 4.87 Å². The van der Waals surface area contributed by atoms with E-state index in [1.165, 1.54) is 0 Å². The van der Waals surface area contributed by atoms with Gasteiger partial charge in [0.2, 0.25) is 0 Å². The Morgan fingerprint density at radius 2 is 0.793 bits per heavy atom. The number of aromatic amines is 3. The molecule has 3 N–H and O–H groups in total. The second kappa shape index (κ2) is 6.03. The maximum absolute atomic E-state index is 7.72. The average Bonchev–Trinajstić information content (AvgIpc) is 3.49. The van der Waals surface area contributed by atoms with E-state index in [0.717, 1.165) is 49.4 Å². The number of aromatic nitrogens is 3. The van der Waals surface area contributed by atoms with Gasteiger partial charge in [-0.3, -0.25) is 0 Å². The number of nitrogens with one attached hydrogen (secondary N) is 3. The fourth-order valence-electron chi connectivity index (χ4n) is 4.50. The first kappa shape index (κ1) is 16.5. The van der Waals surface area contributed by atoms with Gasteiger partial charge in [-0.15, -0.1) is 11.6 Å². The molecule has 3 aromatic heterocycles. The molecule has 6 rings (SSSR count). The molecule has 29 heavy (non-hydrogen) atoms. The topological polar surface area (TPSA) is 47.4 Å². The number of para-hydroxylation sites is 3. The lowest BCUT2D eigenvalue weighted by molar-refractivity contribution is 0.907. The van der Waals surface area contributed by atoms with Gasteiger partial charge in [0.15, 0.2) is 0 Å². The molecule has 0 saturated carbocycles. The summed E-state index contributed by atoms with van der Waals surface area (Å²) in [4.78, 5) is 9.36. The number of rotatable bonds is 3. The zero-order valence-electron chi connectivity index (χ0n) is 15.5. The molecule has 0 amide bonds. The van der Waals surface area contributed by atoms with Crippen molar-refractivity contribution in [1.29, 1.82) is 0 Å². The van der Waals surface area contributed by atoms with Crippen LogP contribution in [0.25, 0.3) is 32.7 Å². The van der Waals surface area contributed by atoms with Gasteiger partial charge in [0.25, 0.3) is 0 Å². The fraction of sp³-hybridized carbons (Fsp3) is 0.0400. The summed E-state index contributed by atoms with van der Waals surface area (Å²) in [5.74, 6) is 0. The molecule has 0 saturated heterocycles. The lowest BCUT2D eigenvalue weighted by Gasteiger charge is -2.27. The summed E-state index contributed by atoms with van der Waals surface area (Å²) in [6.45, 7) is 0. The molecule has 140 valence electrons. The molecule has 3 nitrogen and oxygen atoms in total. The fourth-order valence-corrected chi connectivity index (χ4v) is 4.97. The first-order valence-corrected chi connectivity index (χ1v) is 10.0. The molecule has 0 radical (unpaired) electrons. The first-order valence-electron chi connectivity index (χ1n) is 9.65. The maximum Gasteiger partial charge on any atom is 0.126 e. The van der Waals surface area contributed by atoms with Crippen molar-refractivity contribution in [2.75, 3.05) is 0 Å². The molecule has 0 aliphatic heterocycles. The SMILES string of the molecule is ClC(c1c[nH]c2ccccc12)(c1c[nH]c2ccccc12)c1c[nH]c2ccccc12. The second-order valence-corrected chi connectivity index (χ2v) is 7.97. The van der Waals surface area contributed by atoms with Gasteiger partial charge in [-0.05, 0) is 18.2 Å². The Balaban J connectivity index is 1.76. The van der Waals surface area contributed by atoms with Crippen molar-refractivity contribution in [1.82, 2.24) is 15.0 Å². The molecule has 3 aromatic carbocycles. The van der Waals surface area contributed by atoms with Gasteiger partial charge in [-0.1, -0.05) is 54.6 Å². The van der Waals surface area contributed by atoms with Crippen molar-refractivity contribution in [2.45, 2.75) is 4.87 Å². The monoisotopic (exact) mass is 395 g/mol. The van der Waals surface area contributed by atoms with Gasteiger partial charge < -0.3 is 15.0 Å². The molecule has 0 bridgehead atoms. The maximum atomic E-state index is 7.72. The Kier molecular flexibility index (Phi) is 3.44. The Morgan fingerprint density at radius 1 is 0.483 bits per heavy atom. The minimum Gasteiger partial charge on any atom is -0.361 e. The number of hydrogen-bond donors (Lipinski definition) is 3. The Labute approximate surface area is 172 Å². The van der Waals surface area contributed by atoms with Crippen LogP contribution in [0.4, 0.5) is 0 Å². The highest BCUT2D eigenvalue weighted by atomic mass is 35.5. The van der Waals surface area contributed by atoms with Crippen LogP contribution in [0.5, 0.6) is 0 Å². The number of fused-ring (bicyclic) bond motifs is 3. The Hall–Kier alpha value is -3.43. The van der Waals surface area contributed by atoms with Crippen LogP contribution in [0.1, 0.15) is 16.7 Å². The number of hydrogen-bond acceptors (Lipinski definition) is 0. The van der Waals surface area contributed by atoms with Gasteiger partial charge in [0, 0.05) is 68.0 Å². The van der Waals surface area contributed by atoms with E-state index in [1.54, 1.807) is 0 Å². The van der Waals surface area contributed by atoms with E-state index in [4.69, 9.17) is 11.6 Å². The zero-order valence-corrected chi connectivity index (χ0v) is 16.3. The predicted molar refractivity (Wildman–Crippen MR) is 121 cm³/mol.